The Hall–Kier alpha value is -2.81. The highest BCUT2D eigenvalue weighted by Gasteiger charge is 2.19. The molecule has 1 N–H and O–H groups in total. The summed E-state index contributed by atoms with van der Waals surface area (Å²) < 4.78 is 16.8. The monoisotopic (exact) mass is 394 g/mol. The van der Waals surface area contributed by atoms with Gasteiger partial charge in [-0.2, -0.15) is 0 Å². The van der Waals surface area contributed by atoms with Crippen molar-refractivity contribution >= 4 is 23.2 Å². The van der Waals surface area contributed by atoms with E-state index in [0.717, 1.165) is 16.9 Å². The van der Waals surface area contributed by atoms with E-state index in [4.69, 9.17) is 14.2 Å². The molecule has 0 fully saturated rings. The minimum Gasteiger partial charge on any atom is -0.493 e. The van der Waals surface area contributed by atoms with Crippen LogP contribution in [0.1, 0.15) is 18.2 Å². The zero-order valence-corrected chi connectivity index (χ0v) is 16.4. The van der Waals surface area contributed by atoms with E-state index in [-0.39, 0.29) is 18.0 Å². The summed E-state index contributed by atoms with van der Waals surface area (Å²) in [5, 5.41) is 4.36. The molecule has 9 heteroatoms. The average Bonchev–Trinajstić information content (AvgIpc) is 2.97. The lowest BCUT2D eigenvalue weighted by Crippen LogP contribution is -2.36. The van der Waals surface area contributed by atoms with Gasteiger partial charge >= 0.3 is 10.8 Å². The number of hydrogen-bond acceptors (Lipinski definition) is 7. The Morgan fingerprint density at radius 3 is 2.52 bits per heavy atom. The SMILES string of the molecule is COc1ccc(CNC(=O)[C@H](C)OC(=O)Cn2c(C)csc2=O)cc1OC. The maximum absolute atomic E-state index is 12.2. The number of nitrogens with one attached hydrogen (secondary N) is 1. The lowest BCUT2D eigenvalue weighted by molar-refractivity contribution is -0.155. The quantitative estimate of drug-likeness (QED) is 0.682. The number of nitrogens with zero attached hydrogens (tertiary/aromatic N) is 1. The second kappa shape index (κ2) is 9.22. The van der Waals surface area contributed by atoms with Crippen molar-refractivity contribution in [2.45, 2.75) is 33.0 Å². The van der Waals surface area contributed by atoms with Gasteiger partial charge in [0.2, 0.25) is 0 Å². The van der Waals surface area contributed by atoms with Crippen molar-refractivity contribution in [2.75, 3.05) is 14.2 Å². The number of ether oxygens (including phenoxy) is 3. The molecule has 1 atom stereocenters. The third kappa shape index (κ3) is 5.33. The zero-order valence-electron chi connectivity index (χ0n) is 15.6. The van der Waals surface area contributed by atoms with E-state index >= 15 is 0 Å². The molecule has 8 nitrogen and oxygen atoms in total. The predicted octanol–water partition coefficient (Wildman–Crippen LogP) is 1.48. The van der Waals surface area contributed by atoms with Crippen LogP contribution in [0.4, 0.5) is 0 Å². The van der Waals surface area contributed by atoms with Crippen LogP contribution in [0.3, 0.4) is 0 Å². The van der Waals surface area contributed by atoms with E-state index in [9.17, 15) is 14.4 Å². The number of carbonyl (C=O) groups excluding carboxylic acids is 2. The highest BCUT2D eigenvalue weighted by molar-refractivity contribution is 7.07. The van der Waals surface area contributed by atoms with Gasteiger partial charge in [0.25, 0.3) is 5.91 Å². The molecule has 0 bridgehead atoms. The molecule has 0 unspecified atom stereocenters. The molecule has 0 aliphatic rings. The van der Waals surface area contributed by atoms with E-state index in [2.05, 4.69) is 5.32 Å². The molecule has 0 aliphatic heterocycles. The first kappa shape index (κ1) is 20.5. The van der Waals surface area contributed by atoms with Crippen LogP contribution in [0.25, 0.3) is 0 Å². The van der Waals surface area contributed by atoms with Crippen LogP contribution < -0.4 is 19.7 Å². The molecule has 2 rings (SSSR count). The maximum atomic E-state index is 12.2. The van der Waals surface area contributed by atoms with Crippen LogP contribution in [-0.4, -0.2) is 36.8 Å². The number of amides is 1. The summed E-state index contributed by atoms with van der Waals surface area (Å²) in [4.78, 5) is 35.5. The fraction of sp³-hybridized carbons (Fsp3) is 0.389. The van der Waals surface area contributed by atoms with Gasteiger partial charge in [-0.3, -0.25) is 19.0 Å². The minimum atomic E-state index is -0.979. The topological polar surface area (TPSA) is 95.9 Å². The molecule has 0 saturated heterocycles. The molecule has 1 aromatic carbocycles. The van der Waals surface area contributed by atoms with E-state index in [1.165, 1.54) is 18.6 Å². The van der Waals surface area contributed by atoms with Gasteiger partial charge in [-0.25, -0.2) is 0 Å². The maximum Gasteiger partial charge on any atom is 0.326 e. The van der Waals surface area contributed by atoms with Crippen LogP contribution in [0.5, 0.6) is 11.5 Å². The molecule has 0 saturated carbocycles. The van der Waals surface area contributed by atoms with Crippen molar-refractivity contribution in [3.05, 3.63) is 44.5 Å². The number of methoxy groups -OCH3 is 2. The molecule has 146 valence electrons. The minimum absolute atomic E-state index is 0.221. The molecule has 1 aromatic heterocycles. The van der Waals surface area contributed by atoms with Gasteiger partial charge < -0.3 is 19.5 Å². The molecule has 2 aromatic rings. The van der Waals surface area contributed by atoms with Gasteiger partial charge in [0.05, 0.1) is 14.2 Å². The zero-order chi connectivity index (χ0) is 20.0. The summed E-state index contributed by atoms with van der Waals surface area (Å²) in [5.41, 5.74) is 1.48. The fourth-order valence-electron chi connectivity index (χ4n) is 2.34. The summed E-state index contributed by atoms with van der Waals surface area (Å²) in [6.07, 6.45) is -0.979. The summed E-state index contributed by atoms with van der Waals surface area (Å²) in [6, 6.07) is 5.29. The van der Waals surface area contributed by atoms with Crippen molar-refractivity contribution < 1.29 is 23.8 Å². The Morgan fingerprint density at radius 2 is 1.93 bits per heavy atom. The van der Waals surface area contributed by atoms with Crippen LogP contribution in [-0.2, 0) is 27.4 Å². The van der Waals surface area contributed by atoms with E-state index < -0.39 is 18.0 Å². The smallest absolute Gasteiger partial charge is 0.326 e. The Balaban J connectivity index is 1.88. The first-order chi connectivity index (χ1) is 12.8. The van der Waals surface area contributed by atoms with Gasteiger partial charge in [0, 0.05) is 17.6 Å². The molecule has 0 spiro atoms. The molecular formula is C18H22N2O6S. The second-order valence-electron chi connectivity index (χ2n) is 5.77. The van der Waals surface area contributed by atoms with Gasteiger partial charge in [-0.1, -0.05) is 17.4 Å². The number of aromatic nitrogens is 1. The number of aryl methyl sites for hydroxylation is 1. The molecule has 0 radical (unpaired) electrons. The summed E-state index contributed by atoms with van der Waals surface area (Å²) in [7, 11) is 3.07. The molecule has 0 aliphatic carbocycles. The molecule has 27 heavy (non-hydrogen) atoms. The molecule has 1 heterocycles. The number of benzene rings is 1. The Bertz CT molecular complexity index is 873. The number of rotatable bonds is 8. The standard InChI is InChI=1S/C18H22N2O6S/c1-11-10-27-18(23)20(11)9-16(21)26-12(2)17(22)19-8-13-5-6-14(24-3)15(7-13)25-4/h5-7,10,12H,8-9H2,1-4H3,(H,19,22)/t12-/m0/s1. The van der Waals surface area contributed by atoms with E-state index in [1.807, 2.05) is 0 Å². The van der Waals surface area contributed by atoms with Gasteiger partial charge in [0.15, 0.2) is 17.6 Å². The van der Waals surface area contributed by atoms with Crippen LogP contribution in [0.15, 0.2) is 28.4 Å². The summed E-state index contributed by atoms with van der Waals surface area (Å²) >= 11 is 1.01. The van der Waals surface area contributed by atoms with Gasteiger partial charge in [0.1, 0.15) is 6.54 Å². The Kier molecular flexibility index (Phi) is 7.00. The van der Waals surface area contributed by atoms with Crippen molar-refractivity contribution in [1.29, 1.82) is 0 Å². The predicted molar refractivity (Wildman–Crippen MR) is 100 cm³/mol. The lowest BCUT2D eigenvalue weighted by Gasteiger charge is -2.15. The van der Waals surface area contributed by atoms with Crippen LogP contribution >= 0.6 is 11.3 Å². The second-order valence-corrected chi connectivity index (χ2v) is 6.59. The summed E-state index contributed by atoms with van der Waals surface area (Å²) in [5.74, 6) is 0.0639. The van der Waals surface area contributed by atoms with Crippen LogP contribution in [0.2, 0.25) is 0 Å². The van der Waals surface area contributed by atoms with Crippen molar-refractivity contribution in [3.63, 3.8) is 0 Å². The average molecular weight is 394 g/mol. The highest BCUT2D eigenvalue weighted by Crippen LogP contribution is 2.27. The number of esters is 1. The highest BCUT2D eigenvalue weighted by atomic mass is 32.1. The number of carbonyl (C=O) groups is 2. The molecular weight excluding hydrogens is 372 g/mol. The normalized spacial score (nSPS) is 11.6. The fourth-order valence-corrected chi connectivity index (χ4v) is 3.07. The Labute approximate surface area is 160 Å². The first-order valence-electron chi connectivity index (χ1n) is 8.18. The lowest BCUT2D eigenvalue weighted by atomic mass is 10.2. The molecule has 1 amide bonds. The van der Waals surface area contributed by atoms with E-state index in [0.29, 0.717) is 17.2 Å². The third-order valence-corrected chi connectivity index (χ3v) is 4.74. The number of thiazole rings is 1. The third-order valence-electron chi connectivity index (χ3n) is 3.86. The van der Waals surface area contributed by atoms with Gasteiger partial charge in [-0.15, -0.1) is 0 Å². The van der Waals surface area contributed by atoms with E-state index in [1.54, 1.807) is 37.6 Å². The first-order valence-corrected chi connectivity index (χ1v) is 9.06. The van der Waals surface area contributed by atoms with Crippen molar-refractivity contribution in [3.8, 4) is 11.5 Å². The number of hydrogen-bond donors (Lipinski definition) is 1. The van der Waals surface area contributed by atoms with Crippen LogP contribution in [0, 0.1) is 6.92 Å². The summed E-state index contributed by atoms with van der Waals surface area (Å²) in [6.45, 7) is 3.22. The Morgan fingerprint density at radius 1 is 1.22 bits per heavy atom. The largest absolute Gasteiger partial charge is 0.493 e. The van der Waals surface area contributed by atoms with Gasteiger partial charge in [-0.05, 0) is 31.5 Å². The van der Waals surface area contributed by atoms with Crippen molar-refractivity contribution in [1.82, 2.24) is 9.88 Å². The van der Waals surface area contributed by atoms with Crippen molar-refractivity contribution in [2.24, 2.45) is 0 Å².